The number of carbonyl (C=O) groups is 1. The van der Waals surface area contributed by atoms with Crippen molar-refractivity contribution >= 4 is 11.6 Å². The Hall–Kier alpha value is -1.91. The van der Waals surface area contributed by atoms with Crippen molar-refractivity contribution in [1.29, 1.82) is 0 Å². The number of ether oxygens (including phenoxy) is 2. The zero-order chi connectivity index (χ0) is 16.2. The van der Waals surface area contributed by atoms with E-state index in [1.54, 1.807) is 0 Å². The molecule has 1 unspecified atom stereocenters. The minimum absolute atomic E-state index is 0.170. The summed E-state index contributed by atoms with van der Waals surface area (Å²) in [5, 5.41) is 3.29. The first-order chi connectivity index (χ1) is 11.1. The van der Waals surface area contributed by atoms with E-state index in [9.17, 15) is 4.79 Å². The molecule has 23 heavy (non-hydrogen) atoms. The molecule has 0 radical (unpaired) electrons. The van der Waals surface area contributed by atoms with E-state index in [4.69, 9.17) is 9.47 Å². The van der Waals surface area contributed by atoms with Crippen LogP contribution in [0.5, 0.6) is 11.5 Å². The Labute approximate surface area is 137 Å². The molecule has 1 amide bonds. The summed E-state index contributed by atoms with van der Waals surface area (Å²) in [6.45, 7) is 7.25. The van der Waals surface area contributed by atoms with Crippen LogP contribution in [-0.2, 0) is 4.79 Å². The topological polar surface area (TPSA) is 50.8 Å². The van der Waals surface area contributed by atoms with Crippen molar-refractivity contribution in [2.24, 2.45) is 5.92 Å². The molecule has 2 aliphatic heterocycles. The minimum atomic E-state index is -0.242. The Balaban J connectivity index is 1.62. The molecular formula is C18H26N2O3. The zero-order valence-electron chi connectivity index (χ0n) is 14.0. The summed E-state index contributed by atoms with van der Waals surface area (Å²) in [4.78, 5) is 14.5. The van der Waals surface area contributed by atoms with E-state index in [1.807, 2.05) is 30.0 Å². The predicted octanol–water partition coefficient (Wildman–Crippen LogP) is 2.91. The van der Waals surface area contributed by atoms with Gasteiger partial charge in [-0.25, -0.2) is 0 Å². The fourth-order valence-electron chi connectivity index (χ4n) is 3.07. The number of nitrogens with one attached hydrogen (secondary N) is 1. The van der Waals surface area contributed by atoms with Gasteiger partial charge >= 0.3 is 0 Å². The summed E-state index contributed by atoms with van der Waals surface area (Å²) in [5.74, 6) is 2.42. The van der Waals surface area contributed by atoms with Gasteiger partial charge in [-0.05, 0) is 37.8 Å². The second-order valence-corrected chi connectivity index (χ2v) is 6.59. The van der Waals surface area contributed by atoms with E-state index in [0.29, 0.717) is 13.2 Å². The Kier molecular flexibility index (Phi) is 4.94. The van der Waals surface area contributed by atoms with Crippen molar-refractivity contribution in [2.75, 3.05) is 31.6 Å². The number of anilines is 1. The van der Waals surface area contributed by atoms with Crippen molar-refractivity contribution in [3.8, 4) is 11.5 Å². The molecule has 1 aromatic carbocycles. The van der Waals surface area contributed by atoms with Gasteiger partial charge in [-0.1, -0.05) is 6.92 Å². The maximum absolute atomic E-state index is 12.6. The number of nitrogens with zero attached hydrogens (tertiary/aromatic N) is 1. The highest BCUT2D eigenvalue weighted by Gasteiger charge is 2.24. The first kappa shape index (κ1) is 16.0. The van der Waals surface area contributed by atoms with E-state index in [1.165, 1.54) is 0 Å². The largest absolute Gasteiger partial charge is 0.490 e. The lowest BCUT2D eigenvalue weighted by atomic mass is 9.99. The van der Waals surface area contributed by atoms with E-state index < -0.39 is 0 Å². The highest BCUT2D eigenvalue weighted by molar-refractivity contribution is 5.84. The van der Waals surface area contributed by atoms with E-state index >= 15 is 0 Å². The second-order valence-electron chi connectivity index (χ2n) is 6.59. The summed E-state index contributed by atoms with van der Waals surface area (Å²) in [5.41, 5.74) is 0.889. The van der Waals surface area contributed by atoms with Gasteiger partial charge in [0, 0.05) is 31.3 Å². The number of carbonyl (C=O) groups excluding carboxylic acids is 1. The van der Waals surface area contributed by atoms with Gasteiger partial charge < -0.3 is 19.7 Å². The predicted molar refractivity (Wildman–Crippen MR) is 90.1 cm³/mol. The van der Waals surface area contributed by atoms with Crippen LogP contribution in [0.2, 0.25) is 0 Å². The molecule has 1 saturated heterocycles. The molecule has 126 valence electrons. The van der Waals surface area contributed by atoms with Crippen molar-refractivity contribution in [3.63, 3.8) is 0 Å². The van der Waals surface area contributed by atoms with Crippen molar-refractivity contribution in [3.05, 3.63) is 18.2 Å². The molecule has 5 nitrogen and oxygen atoms in total. The lowest BCUT2D eigenvalue weighted by Gasteiger charge is -2.32. The zero-order valence-corrected chi connectivity index (χ0v) is 14.0. The number of hydrogen-bond donors (Lipinski definition) is 1. The van der Waals surface area contributed by atoms with Gasteiger partial charge in [0.1, 0.15) is 6.04 Å². The third kappa shape index (κ3) is 3.89. The molecular weight excluding hydrogens is 292 g/mol. The van der Waals surface area contributed by atoms with Gasteiger partial charge in [-0.3, -0.25) is 4.79 Å². The lowest BCUT2D eigenvalue weighted by molar-refractivity contribution is -0.132. The number of likely N-dealkylation sites (tertiary alicyclic amines) is 1. The smallest absolute Gasteiger partial charge is 0.244 e. The monoisotopic (exact) mass is 318 g/mol. The molecule has 5 heteroatoms. The van der Waals surface area contributed by atoms with Gasteiger partial charge in [-0.15, -0.1) is 0 Å². The van der Waals surface area contributed by atoms with Crippen molar-refractivity contribution < 1.29 is 14.3 Å². The van der Waals surface area contributed by atoms with Gasteiger partial charge in [0.25, 0.3) is 0 Å². The summed E-state index contributed by atoms with van der Waals surface area (Å²) < 4.78 is 11.3. The number of amides is 1. The normalized spacial score (nSPS) is 19.8. The summed E-state index contributed by atoms with van der Waals surface area (Å²) in [6, 6.07) is 5.52. The Bertz CT molecular complexity index is 553. The Morgan fingerprint density at radius 3 is 2.65 bits per heavy atom. The maximum atomic E-state index is 12.6. The van der Waals surface area contributed by atoms with Crippen molar-refractivity contribution in [2.45, 2.75) is 39.2 Å². The first-order valence-electron chi connectivity index (χ1n) is 8.58. The molecule has 0 spiro atoms. The molecule has 0 bridgehead atoms. The summed E-state index contributed by atoms with van der Waals surface area (Å²) >= 11 is 0. The molecule has 2 aliphatic rings. The third-order valence-corrected chi connectivity index (χ3v) is 4.60. The van der Waals surface area contributed by atoms with Crippen molar-refractivity contribution in [1.82, 2.24) is 4.90 Å². The fourth-order valence-corrected chi connectivity index (χ4v) is 3.07. The fraction of sp³-hybridized carbons (Fsp3) is 0.611. The van der Waals surface area contributed by atoms with Crippen LogP contribution in [-0.4, -0.2) is 43.2 Å². The molecule has 1 atom stereocenters. The highest BCUT2D eigenvalue weighted by Crippen LogP contribution is 2.32. The van der Waals surface area contributed by atoms with E-state index in [2.05, 4.69) is 12.2 Å². The highest BCUT2D eigenvalue weighted by atomic mass is 16.5. The average molecular weight is 318 g/mol. The first-order valence-corrected chi connectivity index (χ1v) is 8.58. The van der Waals surface area contributed by atoms with Crippen LogP contribution in [0.15, 0.2) is 18.2 Å². The number of hydrogen-bond acceptors (Lipinski definition) is 4. The van der Waals surface area contributed by atoms with E-state index in [0.717, 1.165) is 55.5 Å². The van der Waals surface area contributed by atoms with Gasteiger partial charge in [0.05, 0.1) is 13.2 Å². The summed E-state index contributed by atoms with van der Waals surface area (Å²) in [6.07, 6.45) is 3.09. The Morgan fingerprint density at radius 1 is 1.22 bits per heavy atom. The molecule has 0 aromatic heterocycles. The van der Waals surface area contributed by atoms with Crippen LogP contribution in [0.25, 0.3) is 0 Å². The molecule has 1 N–H and O–H groups in total. The van der Waals surface area contributed by atoms with Crippen LogP contribution >= 0.6 is 0 Å². The van der Waals surface area contributed by atoms with Crippen LogP contribution < -0.4 is 14.8 Å². The Morgan fingerprint density at radius 2 is 1.91 bits per heavy atom. The van der Waals surface area contributed by atoms with Crippen LogP contribution in [0.1, 0.15) is 33.1 Å². The standard InChI is InChI=1S/C18H26N2O3/c1-13-6-8-20(9-7-13)18(21)14(2)19-15-4-5-16-17(12-15)23-11-3-10-22-16/h4-5,12-14,19H,3,6-11H2,1-2H3. The number of piperidine rings is 1. The molecule has 0 saturated carbocycles. The summed E-state index contributed by atoms with van der Waals surface area (Å²) in [7, 11) is 0. The van der Waals surface area contributed by atoms with Crippen LogP contribution in [0.4, 0.5) is 5.69 Å². The van der Waals surface area contributed by atoms with Gasteiger partial charge in [-0.2, -0.15) is 0 Å². The molecule has 3 rings (SSSR count). The van der Waals surface area contributed by atoms with Crippen LogP contribution in [0, 0.1) is 5.92 Å². The second kappa shape index (κ2) is 7.11. The molecule has 2 heterocycles. The third-order valence-electron chi connectivity index (χ3n) is 4.60. The quantitative estimate of drug-likeness (QED) is 0.931. The number of fused-ring (bicyclic) bond motifs is 1. The molecule has 1 fully saturated rings. The molecule has 0 aliphatic carbocycles. The van der Waals surface area contributed by atoms with Gasteiger partial charge in [0.15, 0.2) is 11.5 Å². The van der Waals surface area contributed by atoms with E-state index in [-0.39, 0.29) is 11.9 Å². The lowest BCUT2D eigenvalue weighted by Crippen LogP contribution is -2.45. The maximum Gasteiger partial charge on any atom is 0.244 e. The number of benzene rings is 1. The minimum Gasteiger partial charge on any atom is -0.490 e. The van der Waals surface area contributed by atoms with Crippen LogP contribution in [0.3, 0.4) is 0 Å². The number of rotatable bonds is 3. The SMILES string of the molecule is CC1CCN(C(=O)C(C)Nc2ccc3c(c2)OCCCO3)CC1. The van der Waals surface area contributed by atoms with Gasteiger partial charge in [0.2, 0.25) is 5.91 Å². The molecule has 1 aromatic rings. The average Bonchev–Trinajstić information content (AvgIpc) is 2.79.